The van der Waals surface area contributed by atoms with Crippen LogP contribution in [0.25, 0.3) is 0 Å². The van der Waals surface area contributed by atoms with Crippen molar-refractivity contribution >= 4 is 40.9 Å². The standard InChI is InChI=1S/C19H21ClN2O2S/c1-3-22(4-2)19(24)14-9-11-15(12-10-14)21-18(23)13-25-17-8-6-5-7-16(17)20/h5-12H,3-4,13H2,1-2H3,(H,21,23). The zero-order valence-corrected chi connectivity index (χ0v) is 15.9. The third kappa shape index (κ3) is 5.51. The monoisotopic (exact) mass is 376 g/mol. The van der Waals surface area contributed by atoms with Crippen LogP contribution in [-0.2, 0) is 4.79 Å². The largest absolute Gasteiger partial charge is 0.339 e. The summed E-state index contributed by atoms with van der Waals surface area (Å²) in [5.41, 5.74) is 1.29. The van der Waals surface area contributed by atoms with Gasteiger partial charge in [0.2, 0.25) is 5.91 Å². The van der Waals surface area contributed by atoms with Crippen LogP contribution >= 0.6 is 23.4 Å². The number of amides is 2. The van der Waals surface area contributed by atoms with Crippen molar-refractivity contribution in [2.45, 2.75) is 18.7 Å². The van der Waals surface area contributed by atoms with Crippen LogP contribution in [0.5, 0.6) is 0 Å². The summed E-state index contributed by atoms with van der Waals surface area (Å²) in [5.74, 6) is 0.147. The predicted molar refractivity (Wildman–Crippen MR) is 104 cm³/mol. The van der Waals surface area contributed by atoms with Gasteiger partial charge in [0, 0.05) is 29.2 Å². The van der Waals surface area contributed by atoms with Gasteiger partial charge in [-0.2, -0.15) is 0 Å². The third-order valence-electron chi connectivity index (χ3n) is 3.66. The summed E-state index contributed by atoms with van der Waals surface area (Å²) in [6, 6.07) is 14.4. The van der Waals surface area contributed by atoms with Gasteiger partial charge in [-0.05, 0) is 50.2 Å². The Hall–Kier alpha value is -1.98. The molecule has 0 saturated carbocycles. The number of nitrogens with zero attached hydrogens (tertiary/aromatic N) is 1. The summed E-state index contributed by atoms with van der Waals surface area (Å²) in [6.07, 6.45) is 0. The van der Waals surface area contributed by atoms with E-state index in [1.165, 1.54) is 11.8 Å². The molecule has 0 aliphatic carbocycles. The molecule has 25 heavy (non-hydrogen) atoms. The predicted octanol–water partition coefficient (Wildman–Crippen LogP) is 4.55. The summed E-state index contributed by atoms with van der Waals surface area (Å²) < 4.78 is 0. The average molecular weight is 377 g/mol. The van der Waals surface area contributed by atoms with Gasteiger partial charge in [-0.25, -0.2) is 0 Å². The van der Waals surface area contributed by atoms with Crippen LogP contribution in [0, 0.1) is 0 Å². The molecule has 0 unspecified atom stereocenters. The molecular weight excluding hydrogens is 356 g/mol. The maximum Gasteiger partial charge on any atom is 0.253 e. The van der Waals surface area contributed by atoms with Crippen molar-refractivity contribution < 1.29 is 9.59 Å². The minimum absolute atomic E-state index is 0.00264. The minimum atomic E-state index is -0.118. The van der Waals surface area contributed by atoms with Gasteiger partial charge in [-0.1, -0.05) is 23.7 Å². The lowest BCUT2D eigenvalue weighted by atomic mass is 10.2. The first-order chi connectivity index (χ1) is 12.0. The molecule has 0 heterocycles. The first kappa shape index (κ1) is 19.3. The van der Waals surface area contributed by atoms with Crippen molar-refractivity contribution in [2.75, 3.05) is 24.2 Å². The molecule has 2 amide bonds. The molecule has 0 fully saturated rings. The Morgan fingerprint density at radius 2 is 1.68 bits per heavy atom. The lowest BCUT2D eigenvalue weighted by Gasteiger charge is -2.18. The van der Waals surface area contributed by atoms with Gasteiger partial charge >= 0.3 is 0 Å². The van der Waals surface area contributed by atoms with Gasteiger partial charge in [0.15, 0.2) is 0 Å². The third-order valence-corrected chi connectivity index (χ3v) is 5.18. The maximum absolute atomic E-state index is 12.3. The van der Waals surface area contributed by atoms with E-state index in [1.54, 1.807) is 35.2 Å². The topological polar surface area (TPSA) is 49.4 Å². The van der Waals surface area contributed by atoms with Crippen molar-refractivity contribution in [2.24, 2.45) is 0 Å². The van der Waals surface area contributed by atoms with Crippen molar-refractivity contribution in [3.63, 3.8) is 0 Å². The average Bonchev–Trinajstić information content (AvgIpc) is 2.62. The van der Waals surface area contributed by atoms with Gasteiger partial charge in [0.05, 0.1) is 10.8 Å². The van der Waals surface area contributed by atoms with Gasteiger partial charge in [-0.15, -0.1) is 11.8 Å². The molecule has 0 bridgehead atoms. The highest BCUT2D eigenvalue weighted by Crippen LogP contribution is 2.26. The van der Waals surface area contributed by atoms with E-state index < -0.39 is 0 Å². The molecule has 0 saturated heterocycles. The maximum atomic E-state index is 12.3. The first-order valence-electron chi connectivity index (χ1n) is 8.11. The number of rotatable bonds is 7. The van der Waals surface area contributed by atoms with Crippen LogP contribution in [0.2, 0.25) is 5.02 Å². The van der Waals surface area contributed by atoms with Gasteiger partial charge in [0.1, 0.15) is 0 Å². The van der Waals surface area contributed by atoms with Gasteiger partial charge < -0.3 is 10.2 Å². The molecule has 132 valence electrons. The number of hydrogen-bond donors (Lipinski definition) is 1. The number of thioether (sulfide) groups is 1. The van der Waals surface area contributed by atoms with Gasteiger partial charge in [-0.3, -0.25) is 9.59 Å². The lowest BCUT2D eigenvalue weighted by Crippen LogP contribution is -2.30. The van der Waals surface area contributed by atoms with E-state index in [2.05, 4.69) is 5.32 Å². The van der Waals surface area contributed by atoms with Crippen molar-refractivity contribution in [3.8, 4) is 0 Å². The molecule has 0 atom stereocenters. The smallest absolute Gasteiger partial charge is 0.253 e. The summed E-state index contributed by atoms with van der Waals surface area (Å²) in [4.78, 5) is 27.0. The Morgan fingerprint density at radius 3 is 2.28 bits per heavy atom. The molecule has 0 aromatic heterocycles. The van der Waals surface area contributed by atoms with E-state index in [1.807, 2.05) is 32.0 Å². The number of hydrogen-bond acceptors (Lipinski definition) is 3. The van der Waals surface area contributed by atoms with Crippen LogP contribution in [-0.4, -0.2) is 35.6 Å². The van der Waals surface area contributed by atoms with E-state index >= 15 is 0 Å². The molecular formula is C19H21ClN2O2S. The molecule has 2 rings (SSSR count). The quantitative estimate of drug-likeness (QED) is 0.721. The Bertz CT molecular complexity index is 730. The fraction of sp³-hybridized carbons (Fsp3) is 0.263. The first-order valence-corrected chi connectivity index (χ1v) is 9.48. The molecule has 2 aromatic carbocycles. The number of carbonyl (C=O) groups is 2. The molecule has 0 aliphatic heterocycles. The second-order valence-corrected chi connectivity index (χ2v) is 6.75. The zero-order valence-electron chi connectivity index (χ0n) is 14.3. The molecule has 1 N–H and O–H groups in total. The van der Waals surface area contributed by atoms with Crippen LogP contribution in [0.3, 0.4) is 0 Å². The summed E-state index contributed by atoms with van der Waals surface area (Å²) in [7, 11) is 0. The van der Waals surface area contributed by atoms with Crippen LogP contribution < -0.4 is 5.32 Å². The molecule has 2 aromatic rings. The van der Waals surface area contributed by atoms with Crippen LogP contribution in [0.4, 0.5) is 5.69 Å². The second-order valence-electron chi connectivity index (χ2n) is 5.32. The zero-order chi connectivity index (χ0) is 18.2. The molecule has 4 nitrogen and oxygen atoms in total. The Balaban J connectivity index is 1.91. The number of anilines is 1. The molecule has 0 spiro atoms. The Morgan fingerprint density at radius 1 is 1.04 bits per heavy atom. The highest BCUT2D eigenvalue weighted by atomic mass is 35.5. The van der Waals surface area contributed by atoms with Gasteiger partial charge in [0.25, 0.3) is 5.91 Å². The number of halogens is 1. The minimum Gasteiger partial charge on any atom is -0.339 e. The fourth-order valence-electron chi connectivity index (χ4n) is 2.29. The van der Waals surface area contributed by atoms with Crippen molar-refractivity contribution in [1.29, 1.82) is 0 Å². The highest BCUT2D eigenvalue weighted by Gasteiger charge is 2.12. The molecule has 6 heteroatoms. The van der Waals surface area contributed by atoms with Crippen molar-refractivity contribution in [3.05, 3.63) is 59.1 Å². The SMILES string of the molecule is CCN(CC)C(=O)c1ccc(NC(=O)CSc2ccccc2Cl)cc1. The highest BCUT2D eigenvalue weighted by molar-refractivity contribution is 8.00. The molecule has 0 aliphatic rings. The number of carbonyl (C=O) groups excluding carboxylic acids is 2. The van der Waals surface area contributed by atoms with E-state index in [4.69, 9.17) is 11.6 Å². The lowest BCUT2D eigenvalue weighted by molar-refractivity contribution is -0.113. The fourth-order valence-corrected chi connectivity index (χ4v) is 3.33. The van der Waals surface area contributed by atoms with E-state index in [-0.39, 0.29) is 17.6 Å². The number of benzene rings is 2. The summed E-state index contributed by atoms with van der Waals surface area (Å²) >= 11 is 7.46. The molecule has 0 radical (unpaired) electrons. The normalized spacial score (nSPS) is 10.4. The number of nitrogens with one attached hydrogen (secondary N) is 1. The van der Waals surface area contributed by atoms with Crippen molar-refractivity contribution in [1.82, 2.24) is 4.90 Å². The Kier molecular flexibility index (Phi) is 7.34. The summed E-state index contributed by atoms with van der Waals surface area (Å²) in [6.45, 7) is 5.25. The summed E-state index contributed by atoms with van der Waals surface area (Å²) in [5, 5.41) is 3.47. The second kappa shape index (κ2) is 9.49. The van der Waals surface area contributed by atoms with E-state index in [9.17, 15) is 9.59 Å². The van der Waals surface area contributed by atoms with Crippen LogP contribution in [0.15, 0.2) is 53.4 Å². The van der Waals surface area contributed by atoms with E-state index in [0.29, 0.717) is 29.4 Å². The van der Waals surface area contributed by atoms with Crippen LogP contribution in [0.1, 0.15) is 24.2 Å². The Labute approximate surface area is 157 Å². The van der Waals surface area contributed by atoms with E-state index in [0.717, 1.165) is 4.90 Å².